The monoisotopic (exact) mass is 261 g/mol. The van der Waals surface area contributed by atoms with Gasteiger partial charge in [-0.3, -0.25) is 0 Å². The van der Waals surface area contributed by atoms with Crippen molar-refractivity contribution in [1.29, 1.82) is 0 Å². The molecule has 0 amide bonds. The van der Waals surface area contributed by atoms with Crippen molar-refractivity contribution in [3.63, 3.8) is 0 Å². The van der Waals surface area contributed by atoms with Gasteiger partial charge in [-0.25, -0.2) is 8.42 Å². The van der Waals surface area contributed by atoms with Crippen LogP contribution >= 0.6 is 0 Å². The summed E-state index contributed by atoms with van der Waals surface area (Å²) in [5, 5.41) is 3.35. The fourth-order valence-corrected chi connectivity index (χ4v) is 3.70. The highest BCUT2D eigenvalue weighted by molar-refractivity contribution is 7.90. The topological polar surface area (TPSA) is 46.2 Å². The van der Waals surface area contributed by atoms with E-state index >= 15 is 0 Å². The number of sulfone groups is 1. The van der Waals surface area contributed by atoms with E-state index in [0.717, 1.165) is 12.3 Å². The Kier molecular flexibility index (Phi) is 5.45. The van der Waals surface area contributed by atoms with Gasteiger partial charge in [0.25, 0.3) is 0 Å². The molecule has 102 valence electrons. The first kappa shape index (κ1) is 15.0. The van der Waals surface area contributed by atoms with Crippen LogP contribution in [0.15, 0.2) is 0 Å². The minimum atomic E-state index is -2.82. The second-order valence-electron chi connectivity index (χ2n) is 5.89. The molecule has 0 aromatic rings. The molecule has 1 saturated carbocycles. The summed E-state index contributed by atoms with van der Waals surface area (Å²) < 4.78 is 22.5. The maximum Gasteiger partial charge on any atom is 0.147 e. The van der Waals surface area contributed by atoms with Gasteiger partial charge in [-0.1, -0.05) is 13.8 Å². The van der Waals surface area contributed by atoms with E-state index in [-0.39, 0.29) is 0 Å². The molecule has 1 aliphatic rings. The van der Waals surface area contributed by atoms with Crippen molar-refractivity contribution in [3.8, 4) is 0 Å². The summed E-state index contributed by atoms with van der Waals surface area (Å²) in [6, 6.07) is 0.506. The van der Waals surface area contributed by atoms with E-state index in [1.807, 2.05) is 7.05 Å². The van der Waals surface area contributed by atoms with Crippen LogP contribution in [0.3, 0.4) is 0 Å². The molecule has 3 atom stereocenters. The predicted octanol–water partition coefficient (Wildman–Crippen LogP) is 2.08. The molecule has 1 rings (SSSR count). The fraction of sp³-hybridized carbons (Fsp3) is 1.00. The molecule has 4 heteroatoms. The van der Waals surface area contributed by atoms with Crippen LogP contribution in [0.4, 0.5) is 0 Å². The minimum Gasteiger partial charge on any atom is -0.317 e. The van der Waals surface area contributed by atoms with Crippen LogP contribution < -0.4 is 5.32 Å². The molecule has 1 fully saturated rings. The molecular formula is C13H27NO2S. The van der Waals surface area contributed by atoms with Gasteiger partial charge in [0.2, 0.25) is 0 Å². The maximum absolute atomic E-state index is 11.3. The Bertz CT molecular complexity index is 324. The average molecular weight is 261 g/mol. The van der Waals surface area contributed by atoms with Gasteiger partial charge in [0.1, 0.15) is 9.84 Å². The molecule has 3 unspecified atom stereocenters. The van der Waals surface area contributed by atoms with Crippen molar-refractivity contribution in [2.24, 2.45) is 17.8 Å². The van der Waals surface area contributed by atoms with Gasteiger partial charge >= 0.3 is 0 Å². The van der Waals surface area contributed by atoms with Crippen molar-refractivity contribution >= 4 is 9.84 Å². The van der Waals surface area contributed by atoms with Gasteiger partial charge < -0.3 is 5.32 Å². The van der Waals surface area contributed by atoms with Crippen molar-refractivity contribution in [1.82, 2.24) is 5.32 Å². The number of hydrogen-bond donors (Lipinski definition) is 1. The molecule has 0 aliphatic heterocycles. The Hall–Kier alpha value is -0.0900. The van der Waals surface area contributed by atoms with Crippen LogP contribution in [0, 0.1) is 17.8 Å². The molecule has 17 heavy (non-hydrogen) atoms. The molecule has 0 radical (unpaired) electrons. The lowest BCUT2D eigenvalue weighted by Gasteiger charge is -2.37. The van der Waals surface area contributed by atoms with Crippen LogP contribution in [-0.2, 0) is 9.84 Å². The van der Waals surface area contributed by atoms with Gasteiger partial charge in [0.05, 0.1) is 5.75 Å². The summed E-state index contributed by atoms with van der Waals surface area (Å²) >= 11 is 0. The first-order valence-corrected chi connectivity index (χ1v) is 8.74. The zero-order chi connectivity index (χ0) is 13.1. The second-order valence-corrected chi connectivity index (χ2v) is 8.15. The van der Waals surface area contributed by atoms with E-state index < -0.39 is 9.84 Å². The van der Waals surface area contributed by atoms with Crippen LogP contribution in [0.1, 0.15) is 39.5 Å². The molecule has 0 aromatic carbocycles. The third kappa shape index (κ3) is 4.96. The molecule has 0 bridgehead atoms. The predicted molar refractivity (Wildman–Crippen MR) is 72.8 cm³/mol. The molecule has 1 aliphatic carbocycles. The van der Waals surface area contributed by atoms with E-state index in [1.54, 1.807) is 0 Å². The highest BCUT2D eigenvalue weighted by atomic mass is 32.2. The van der Waals surface area contributed by atoms with E-state index in [4.69, 9.17) is 0 Å². The Morgan fingerprint density at radius 1 is 1.29 bits per heavy atom. The second kappa shape index (κ2) is 6.19. The lowest BCUT2D eigenvalue weighted by Crippen LogP contribution is -2.40. The first-order chi connectivity index (χ1) is 7.83. The van der Waals surface area contributed by atoms with Crippen LogP contribution in [0.25, 0.3) is 0 Å². The number of rotatable bonds is 5. The van der Waals surface area contributed by atoms with E-state index in [2.05, 4.69) is 19.2 Å². The Morgan fingerprint density at radius 3 is 2.41 bits per heavy atom. The Labute approximate surface area is 106 Å². The van der Waals surface area contributed by atoms with Gasteiger partial charge in [0, 0.05) is 12.3 Å². The molecule has 0 saturated heterocycles. The molecular weight excluding hydrogens is 234 g/mol. The van der Waals surface area contributed by atoms with Gasteiger partial charge in [0.15, 0.2) is 0 Å². The zero-order valence-corrected chi connectivity index (χ0v) is 12.4. The van der Waals surface area contributed by atoms with E-state index in [9.17, 15) is 8.42 Å². The van der Waals surface area contributed by atoms with Crippen molar-refractivity contribution < 1.29 is 8.42 Å². The van der Waals surface area contributed by atoms with Gasteiger partial charge in [-0.15, -0.1) is 0 Å². The third-order valence-electron chi connectivity index (χ3n) is 4.20. The smallest absolute Gasteiger partial charge is 0.147 e. The minimum absolute atomic E-state index is 0.334. The maximum atomic E-state index is 11.3. The first-order valence-electron chi connectivity index (χ1n) is 6.68. The summed E-state index contributed by atoms with van der Waals surface area (Å²) in [6.45, 7) is 4.55. The van der Waals surface area contributed by atoms with Crippen LogP contribution in [0.5, 0.6) is 0 Å². The summed E-state index contributed by atoms with van der Waals surface area (Å²) in [5.41, 5.74) is 0. The molecule has 0 spiro atoms. The highest BCUT2D eigenvalue weighted by Crippen LogP contribution is 2.35. The third-order valence-corrected chi connectivity index (χ3v) is 5.17. The quantitative estimate of drug-likeness (QED) is 0.824. The van der Waals surface area contributed by atoms with Crippen LogP contribution in [-0.4, -0.2) is 33.5 Å². The van der Waals surface area contributed by atoms with Crippen molar-refractivity contribution in [2.75, 3.05) is 19.1 Å². The van der Waals surface area contributed by atoms with Crippen molar-refractivity contribution in [2.45, 2.75) is 45.6 Å². The highest BCUT2D eigenvalue weighted by Gasteiger charge is 2.31. The molecule has 3 nitrogen and oxygen atoms in total. The number of hydrogen-bond acceptors (Lipinski definition) is 3. The van der Waals surface area contributed by atoms with Gasteiger partial charge in [-0.05, 0) is 50.5 Å². The summed E-state index contributed by atoms with van der Waals surface area (Å²) in [4.78, 5) is 0. The zero-order valence-electron chi connectivity index (χ0n) is 11.6. The largest absolute Gasteiger partial charge is 0.317 e. The average Bonchev–Trinajstić information content (AvgIpc) is 2.24. The molecule has 0 heterocycles. The Balaban J connectivity index is 2.57. The normalized spacial score (nSPS) is 30.8. The molecule has 0 aromatic heterocycles. The SMILES string of the molecule is CNC1CCC(C(C)C)CC1CCS(C)(=O)=O. The van der Waals surface area contributed by atoms with E-state index in [0.29, 0.717) is 23.6 Å². The number of nitrogens with one attached hydrogen (secondary N) is 1. The lowest BCUT2D eigenvalue weighted by molar-refractivity contribution is 0.170. The summed E-state index contributed by atoms with van der Waals surface area (Å²) in [5.74, 6) is 2.34. The van der Waals surface area contributed by atoms with Crippen LogP contribution in [0.2, 0.25) is 0 Å². The van der Waals surface area contributed by atoms with Crippen molar-refractivity contribution in [3.05, 3.63) is 0 Å². The fourth-order valence-electron chi connectivity index (χ4n) is 2.97. The van der Waals surface area contributed by atoms with Gasteiger partial charge in [-0.2, -0.15) is 0 Å². The lowest BCUT2D eigenvalue weighted by atomic mass is 9.73. The summed E-state index contributed by atoms with van der Waals surface area (Å²) in [7, 11) is -0.827. The van der Waals surface area contributed by atoms with E-state index in [1.165, 1.54) is 25.5 Å². The standard InChI is InChI=1S/C13H27NO2S/c1-10(2)11-5-6-13(14-3)12(9-11)7-8-17(4,15)16/h10-14H,5-9H2,1-4H3. The molecule has 1 N–H and O–H groups in total. The Morgan fingerprint density at radius 2 is 1.94 bits per heavy atom. The summed E-state index contributed by atoms with van der Waals surface area (Å²) in [6.07, 6.45) is 5.79.